The van der Waals surface area contributed by atoms with E-state index in [4.69, 9.17) is 3.07 Å². The molecule has 0 aromatic rings. The van der Waals surface area contributed by atoms with E-state index in [2.05, 4.69) is 20.8 Å². The van der Waals surface area contributed by atoms with Crippen molar-refractivity contribution < 1.29 is 7.86 Å². The van der Waals surface area contributed by atoms with Gasteiger partial charge < -0.3 is 3.07 Å². The smallest absolute Gasteiger partial charge is 0.318 e. The van der Waals surface area contributed by atoms with E-state index in [-0.39, 0.29) is 11.9 Å². The van der Waals surface area contributed by atoms with Crippen LogP contribution in [0, 0.1) is 17.3 Å². The standard InChI is InChI=1S/C12H21IO2/c1-12(2,3)8-9-4-6-10(7-5-9)11(14)15-13/h9-10H,4-8H2,1-3H3. The van der Waals surface area contributed by atoms with Crippen LogP contribution in [-0.2, 0) is 7.86 Å². The van der Waals surface area contributed by atoms with Gasteiger partial charge in [-0.3, -0.25) is 4.79 Å². The molecular weight excluding hydrogens is 303 g/mol. The summed E-state index contributed by atoms with van der Waals surface area (Å²) in [7, 11) is 0. The minimum absolute atomic E-state index is 0.0233. The Bertz CT molecular complexity index is 212. The first-order chi connectivity index (χ1) is 6.92. The van der Waals surface area contributed by atoms with Gasteiger partial charge in [-0.15, -0.1) is 0 Å². The Morgan fingerprint density at radius 1 is 1.27 bits per heavy atom. The largest absolute Gasteiger partial charge is 0.394 e. The molecule has 88 valence electrons. The molecule has 0 aliphatic heterocycles. The highest BCUT2D eigenvalue weighted by Gasteiger charge is 2.29. The van der Waals surface area contributed by atoms with Crippen molar-refractivity contribution in [3.63, 3.8) is 0 Å². The molecule has 1 aliphatic carbocycles. The fourth-order valence-electron chi connectivity index (χ4n) is 2.53. The van der Waals surface area contributed by atoms with Crippen molar-refractivity contribution >= 4 is 29.0 Å². The highest BCUT2D eigenvalue weighted by atomic mass is 127. The lowest BCUT2D eigenvalue weighted by atomic mass is 9.75. The zero-order valence-corrected chi connectivity index (χ0v) is 12.0. The third kappa shape index (κ3) is 4.70. The Kier molecular flexibility index (Phi) is 4.87. The van der Waals surface area contributed by atoms with Gasteiger partial charge in [0.15, 0.2) is 23.0 Å². The van der Waals surface area contributed by atoms with Crippen molar-refractivity contribution in [2.45, 2.75) is 52.9 Å². The third-order valence-electron chi connectivity index (χ3n) is 3.16. The second-order valence-corrected chi connectivity index (χ2v) is 6.32. The molecule has 1 saturated carbocycles. The molecule has 0 saturated heterocycles. The molecule has 15 heavy (non-hydrogen) atoms. The summed E-state index contributed by atoms with van der Waals surface area (Å²) in [4.78, 5) is 11.3. The lowest BCUT2D eigenvalue weighted by Gasteiger charge is -2.31. The quantitative estimate of drug-likeness (QED) is 0.714. The molecule has 0 aromatic heterocycles. The Labute approximate surface area is 107 Å². The maximum atomic E-state index is 11.3. The summed E-state index contributed by atoms with van der Waals surface area (Å²) in [5, 5.41) is 0. The van der Waals surface area contributed by atoms with Gasteiger partial charge in [0.05, 0.1) is 5.92 Å². The van der Waals surface area contributed by atoms with Crippen LogP contribution in [0.2, 0.25) is 0 Å². The van der Waals surface area contributed by atoms with Crippen molar-refractivity contribution in [2.75, 3.05) is 0 Å². The van der Waals surface area contributed by atoms with Gasteiger partial charge in [0, 0.05) is 0 Å². The predicted molar refractivity (Wildman–Crippen MR) is 69.6 cm³/mol. The minimum atomic E-state index is -0.0233. The Morgan fingerprint density at radius 2 is 1.80 bits per heavy atom. The molecule has 0 bridgehead atoms. The molecule has 0 amide bonds. The van der Waals surface area contributed by atoms with Crippen molar-refractivity contribution in [2.24, 2.45) is 17.3 Å². The lowest BCUT2D eigenvalue weighted by Crippen LogP contribution is -2.24. The molecule has 1 rings (SSSR count). The number of halogens is 1. The predicted octanol–water partition coefficient (Wildman–Crippen LogP) is 4.12. The second kappa shape index (κ2) is 5.51. The summed E-state index contributed by atoms with van der Waals surface area (Å²) in [6.45, 7) is 6.87. The highest BCUT2D eigenvalue weighted by molar-refractivity contribution is 14.1. The van der Waals surface area contributed by atoms with Crippen molar-refractivity contribution in [3.8, 4) is 0 Å². The van der Waals surface area contributed by atoms with Crippen LogP contribution in [0.4, 0.5) is 0 Å². The monoisotopic (exact) mass is 324 g/mol. The number of carbonyl (C=O) groups is 1. The molecular formula is C12H21IO2. The topological polar surface area (TPSA) is 26.3 Å². The molecule has 2 nitrogen and oxygen atoms in total. The molecule has 0 radical (unpaired) electrons. The van der Waals surface area contributed by atoms with Crippen LogP contribution in [0.5, 0.6) is 0 Å². The molecule has 3 heteroatoms. The van der Waals surface area contributed by atoms with Gasteiger partial charge in [0.1, 0.15) is 0 Å². The highest BCUT2D eigenvalue weighted by Crippen LogP contribution is 2.36. The molecule has 0 unspecified atom stereocenters. The van der Waals surface area contributed by atoms with Crippen LogP contribution < -0.4 is 0 Å². The van der Waals surface area contributed by atoms with Crippen molar-refractivity contribution in [1.29, 1.82) is 0 Å². The van der Waals surface area contributed by atoms with Crippen molar-refractivity contribution in [3.05, 3.63) is 0 Å². The van der Waals surface area contributed by atoms with E-state index in [0.29, 0.717) is 5.41 Å². The van der Waals surface area contributed by atoms with E-state index in [1.165, 1.54) is 19.3 Å². The fourth-order valence-corrected chi connectivity index (χ4v) is 2.89. The number of rotatable bonds is 2. The van der Waals surface area contributed by atoms with Crippen LogP contribution in [0.25, 0.3) is 0 Å². The Balaban J connectivity index is 2.33. The van der Waals surface area contributed by atoms with Crippen molar-refractivity contribution in [1.82, 2.24) is 0 Å². The summed E-state index contributed by atoms with van der Waals surface area (Å²) in [5.74, 6) is 0.950. The minimum Gasteiger partial charge on any atom is -0.394 e. The molecule has 0 N–H and O–H groups in total. The lowest BCUT2D eigenvalue weighted by molar-refractivity contribution is -0.137. The normalized spacial score (nSPS) is 27.5. The number of hydrogen-bond donors (Lipinski definition) is 0. The maximum Gasteiger partial charge on any atom is 0.318 e. The summed E-state index contributed by atoms with van der Waals surface area (Å²) < 4.78 is 4.76. The van der Waals surface area contributed by atoms with Crippen LogP contribution in [0.15, 0.2) is 0 Å². The third-order valence-corrected chi connectivity index (χ3v) is 3.59. The van der Waals surface area contributed by atoms with Gasteiger partial charge in [0.2, 0.25) is 0 Å². The summed E-state index contributed by atoms with van der Waals surface area (Å²) in [6.07, 6.45) is 5.69. The van der Waals surface area contributed by atoms with Gasteiger partial charge in [-0.05, 0) is 43.4 Å². The van der Waals surface area contributed by atoms with E-state index in [1.807, 2.05) is 0 Å². The Morgan fingerprint density at radius 3 is 2.20 bits per heavy atom. The van der Waals surface area contributed by atoms with E-state index in [0.717, 1.165) is 18.8 Å². The van der Waals surface area contributed by atoms with E-state index >= 15 is 0 Å². The average Bonchev–Trinajstić information content (AvgIpc) is 2.15. The SMILES string of the molecule is CC(C)(C)CC1CCC(C(=O)OI)CC1. The molecule has 0 atom stereocenters. The van der Waals surface area contributed by atoms with Crippen LogP contribution in [-0.4, -0.2) is 5.97 Å². The van der Waals surface area contributed by atoms with Gasteiger partial charge in [-0.1, -0.05) is 20.8 Å². The first-order valence-electron chi connectivity index (χ1n) is 5.75. The van der Waals surface area contributed by atoms with Gasteiger partial charge in [-0.2, -0.15) is 0 Å². The van der Waals surface area contributed by atoms with Crippen LogP contribution in [0.1, 0.15) is 52.9 Å². The average molecular weight is 324 g/mol. The van der Waals surface area contributed by atoms with Crippen LogP contribution in [0.3, 0.4) is 0 Å². The van der Waals surface area contributed by atoms with Gasteiger partial charge in [0.25, 0.3) is 0 Å². The zero-order valence-electron chi connectivity index (χ0n) is 9.88. The number of hydrogen-bond acceptors (Lipinski definition) is 2. The Hall–Kier alpha value is 0.200. The molecule has 0 heterocycles. The number of carbonyl (C=O) groups excluding carboxylic acids is 1. The second-order valence-electron chi connectivity index (χ2n) is 5.88. The van der Waals surface area contributed by atoms with Crippen LogP contribution >= 0.6 is 23.0 Å². The van der Waals surface area contributed by atoms with E-state index in [9.17, 15) is 4.79 Å². The summed E-state index contributed by atoms with van der Waals surface area (Å²) in [5.41, 5.74) is 0.418. The molecule has 0 spiro atoms. The fraction of sp³-hybridized carbons (Fsp3) is 0.917. The van der Waals surface area contributed by atoms with E-state index < -0.39 is 0 Å². The van der Waals surface area contributed by atoms with Gasteiger partial charge in [-0.25, -0.2) is 0 Å². The first-order valence-corrected chi connectivity index (χ1v) is 6.63. The van der Waals surface area contributed by atoms with E-state index in [1.54, 1.807) is 23.0 Å². The first kappa shape index (κ1) is 13.3. The summed E-state index contributed by atoms with van der Waals surface area (Å²) in [6, 6.07) is 0. The van der Waals surface area contributed by atoms with Gasteiger partial charge >= 0.3 is 5.97 Å². The maximum absolute atomic E-state index is 11.3. The molecule has 0 aromatic carbocycles. The molecule has 1 fully saturated rings. The zero-order chi connectivity index (χ0) is 11.5. The molecule has 1 aliphatic rings. The summed E-state index contributed by atoms with van der Waals surface area (Å²) >= 11 is 1.69.